The summed E-state index contributed by atoms with van der Waals surface area (Å²) < 4.78 is 43.2. The third kappa shape index (κ3) is 7.54. The molecule has 4 aromatic rings. The van der Waals surface area contributed by atoms with E-state index in [0.717, 1.165) is 20.7 Å². The maximum Gasteiger partial charge on any atom is 0.333 e. The van der Waals surface area contributed by atoms with Gasteiger partial charge < -0.3 is 5.11 Å². The number of halogens is 2. The summed E-state index contributed by atoms with van der Waals surface area (Å²) in [4.78, 5) is 23.0. The number of rotatable bonds is 14. The Hall–Kier alpha value is -3.36. The molecule has 4 rings (SSSR count). The van der Waals surface area contributed by atoms with Gasteiger partial charge in [0.15, 0.2) is 12.4 Å². The van der Waals surface area contributed by atoms with E-state index in [4.69, 9.17) is 18.9 Å². The fraction of sp³-hybridized carbons (Fsp3) is 0.324. The van der Waals surface area contributed by atoms with Crippen LogP contribution in [-0.2, 0) is 23.7 Å². The van der Waals surface area contributed by atoms with Crippen LogP contribution in [0.1, 0.15) is 41.5 Å². The van der Waals surface area contributed by atoms with E-state index in [1.807, 2.05) is 163 Å². The molecule has 0 spiro atoms. The van der Waals surface area contributed by atoms with Gasteiger partial charge in [0.25, 0.3) is 0 Å². The van der Waals surface area contributed by atoms with Crippen molar-refractivity contribution in [2.24, 2.45) is 0 Å². The molecule has 0 heterocycles. The molecule has 0 saturated heterocycles. The van der Waals surface area contributed by atoms with Crippen LogP contribution in [0.15, 0.2) is 121 Å². The number of hydrogen-bond acceptors (Lipinski definition) is 6. The summed E-state index contributed by atoms with van der Waals surface area (Å²) in [5, 5.41) is 13.5. The summed E-state index contributed by atoms with van der Waals surface area (Å²) >= 11 is 0. The van der Waals surface area contributed by atoms with Crippen LogP contribution in [0.3, 0.4) is 0 Å². The number of benzene rings is 4. The van der Waals surface area contributed by atoms with Gasteiger partial charge >= 0.3 is 22.6 Å². The quantitative estimate of drug-likeness (QED) is 0.0815. The second-order valence-electron chi connectivity index (χ2n) is 13.7. The van der Waals surface area contributed by atoms with Gasteiger partial charge in [0.2, 0.25) is 0 Å². The summed E-state index contributed by atoms with van der Waals surface area (Å²) in [5.41, 5.74) is 0. The average Bonchev–Trinajstić information content (AvgIpc) is 3.05. The van der Waals surface area contributed by atoms with Crippen molar-refractivity contribution in [3.63, 3.8) is 0 Å². The summed E-state index contributed by atoms with van der Waals surface area (Å²) in [5.74, 6) is -4.12. The molecule has 10 heteroatoms. The van der Waals surface area contributed by atoms with Crippen molar-refractivity contribution in [1.29, 1.82) is 0 Å². The predicted octanol–water partition coefficient (Wildman–Crippen LogP) is 5.57. The maximum absolute atomic E-state index is 15.3. The Kier molecular flexibility index (Phi) is 11.5. The Morgan fingerprint density at radius 1 is 0.617 bits per heavy atom. The minimum Gasteiger partial charge on any atom is -0.387 e. The van der Waals surface area contributed by atoms with Crippen LogP contribution in [0.4, 0.5) is 8.78 Å². The number of alkyl halides is 2. The van der Waals surface area contributed by atoms with E-state index < -0.39 is 57.7 Å². The Morgan fingerprint density at radius 2 is 0.936 bits per heavy atom. The second kappa shape index (κ2) is 14.8. The van der Waals surface area contributed by atoms with E-state index >= 15 is 8.78 Å². The van der Waals surface area contributed by atoms with Gasteiger partial charge in [-0.25, -0.2) is 9.78 Å². The van der Waals surface area contributed by atoms with Crippen LogP contribution in [0.2, 0.25) is 10.1 Å². The highest BCUT2D eigenvalue weighted by molar-refractivity contribution is 7.00. The van der Waals surface area contributed by atoms with Crippen molar-refractivity contribution in [3.8, 4) is 0 Å². The Balaban J connectivity index is 1.68. The molecule has 0 fully saturated rings. The Bertz CT molecular complexity index is 1470. The molecule has 0 saturated carbocycles. The molecule has 0 radical (unpaired) electrons. The van der Waals surface area contributed by atoms with Gasteiger partial charge in [-0.05, 0) is 30.8 Å². The largest absolute Gasteiger partial charge is 0.387 e. The zero-order valence-corrected chi connectivity index (χ0v) is 29.7. The lowest BCUT2D eigenvalue weighted by Gasteiger charge is -2.43. The minimum absolute atomic E-state index is 0.477. The average molecular weight is 679 g/mol. The number of carbonyl (C=O) groups is 1. The molecule has 0 aliphatic heterocycles. The van der Waals surface area contributed by atoms with Crippen molar-refractivity contribution >= 4 is 43.7 Å². The molecule has 0 aromatic heterocycles. The molecule has 4 aromatic carbocycles. The van der Waals surface area contributed by atoms with Gasteiger partial charge in [-0.2, -0.15) is 8.78 Å². The van der Waals surface area contributed by atoms with Gasteiger partial charge in [0.05, 0.1) is 0 Å². The second-order valence-corrected chi connectivity index (χ2v) is 22.0. The molecule has 0 aliphatic rings. The van der Waals surface area contributed by atoms with Gasteiger partial charge in [-0.1, -0.05) is 163 Å². The standard InChI is InChI=1S/C37H44F2O6Si2/c1-35(2,3)46(29-19-11-7-12-20-29,30-21-13-8-14-22-30)44-42-27-33(41)34(37(38,39)28-40)43-45-47(36(4,5)6,31-23-15-9-16-24-31)32-25-17-10-18-26-32/h7-26,28,33-34,41H,27H2,1-6H3/t33-,34+/m0/s1. The van der Waals surface area contributed by atoms with Gasteiger partial charge in [0.1, 0.15) is 12.7 Å². The van der Waals surface area contributed by atoms with Crippen molar-refractivity contribution in [1.82, 2.24) is 0 Å². The SMILES string of the molecule is CC(C)(C)[Si](OOC[C@H](O)[C@@H](OO[Si](c1ccccc1)(c1ccccc1)C(C)(C)C)C(F)(F)C=O)(c1ccccc1)c1ccccc1. The molecule has 0 unspecified atom stereocenters. The molecule has 0 bridgehead atoms. The van der Waals surface area contributed by atoms with Crippen LogP contribution in [-0.4, -0.2) is 52.8 Å². The summed E-state index contributed by atoms with van der Waals surface area (Å²) in [6.45, 7) is 11.2. The van der Waals surface area contributed by atoms with Crippen LogP contribution in [0, 0.1) is 0 Å². The monoisotopic (exact) mass is 678 g/mol. The van der Waals surface area contributed by atoms with Crippen molar-refractivity contribution in [2.45, 2.75) is 69.7 Å². The number of aldehydes is 1. The summed E-state index contributed by atoms with van der Waals surface area (Å²) in [6, 6.07) is 37.8. The Morgan fingerprint density at radius 3 is 1.23 bits per heavy atom. The van der Waals surface area contributed by atoms with E-state index in [1.54, 1.807) is 0 Å². The lowest BCUT2D eigenvalue weighted by Crippen LogP contribution is -2.67. The Labute approximate surface area is 278 Å². The molecule has 0 aliphatic carbocycles. The third-order valence-electron chi connectivity index (χ3n) is 8.42. The normalized spacial score (nSPS) is 14.4. The maximum atomic E-state index is 15.3. The number of aliphatic hydroxyl groups excluding tert-OH is 1. The lowest BCUT2D eigenvalue weighted by atomic mass is 10.1. The van der Waals surface area contributed by atoms with E-state index in [1.165, 1.54) is 0 Å². The van der Waals surface area contributed by atoms with E-state index in [-0.39, 0.29) is 0 Å². The molecular weight excluding hydrogens is 635 g/mol. The zero-order valence-electron chi connectivity index (χ0n) is 27.7. The van der Waals surface area contributed by atoms with Crippen LogP contribution >= 0.6 is 0 Å². The predicted molar refractivity (Wildman–Crippen MR) is 185 cm³/mol. The molecule has 1 N–H and O–H groups in total. The van der Waals surface area contributed by atoms with Gasteiger partial charge in [-0.3, -0.25) is 13.9 Å². The molecule has 250 valence electrons. The smallest absolute Gasteiger partial charge is 0.333 e. The van der Waals surface area contributed by atoms with Crippen molar-refractivity contribution in [2.75, 3.05) is 6.61 Å². The van der Waals surface area contributed by atoms with Crippen LogP contribution in [0.25, 0.3) is 0 Å². The fourth-order valence-electron chi connectivity index (χ4n) is 6.05. The minimum atomic E-state index is -4.12. The van der Waals surface area contributed by atoms with Gasteiger partial charge in [0, 0.05) is 0 Å². The fourth-order valence-corrected chi connectivity index (χ4v) is 14.2. The van der Waals surface area contributed by atoms with E-state index in [9.17, 15) is 9.90 Å². The summed E-state index contributed by atoms with van der Waals surface area (Å²) in [6.07, 6.45) is -4.95. The molecule has 47 heavy (non-hydrogen) atoms. The molecular formula is C37H44F2O6Si2. The molecule has 6 nitrogen and oxygen atoms in total. The first-order valence-corrected chi connectivity index (χ1v) is 19.4. The number of aliphatic hydroxyl groups is 1. The lowest BCUT2D eigenvalue weighted by molar-refractivity contribution is -0.330. The topological polar surface area (TPSA) is 74.2 Å². The summed E-state index contributed by atoms with van der Waals surface area (Å²) in [7, 11) is -6.69. The molecule has 0 amide bonds. The van der Waals surface area contributed by atoms with E-state index in [0.29, 0.717) is 0 Å². The number of carbonyl (C=O) groups excluding carboxylic acids is 1. The first-order valence-electron chi connectivity index (χ1n) is 15.6. The van der Waals surface area contributed by atoms with Crippen molar-refractivity contribution < 1.29 is 37.6 Å². The zero-order chi connectivity index (χ0) is 34.3. The van der Waals surface area contributed by atoms with Gasteiger partial charge in [-0.15, -0.1) is 0 Å². The highest BCUT2D eigenvalue weighted by Gasteiger charge is 2.56. The third-order valence-corrected chi connectivity index (χ3v) is 17.9. The number of hydrogen-bond donors (Lipinski definition) is 1. The first kappa shape index (κ1) is 36.5. The van der Waals surface area contributed by atoms with Crippen LogP contribution in [0.5, 0.6) is 0 Å². The first-order chi connectivity index (χ1) is 22.2. The molecule has 2 atom stereocenters. The highest BCUT2D eigenvalue weighted by Crippen LogP contribution is 2.39. The van der Waals surface area contributed by atoms with E-state index in [2.05, 4.69) is 0 Å². The van der Waals surface area contributed by atoms with Crippen LogP contribution < -0.4 is 20.7 Å². The van der Waals surface area contributed by atoms with Crippen molar-refractivity contribution in [3.05, 3.63) is 121 Å². The highest BCUT2D eigenvalue weighted by atomic mass is 28.4.